The summed E-state index contributed by atoms with van der Waals surface area (Å²) in [4.78, 5) is 36.6. The summed E-state index contributed by atoms with van der Waals surface area (Å²) in [5.74, 6) is 0.423. The third-order valence-corrected chi connectivity index (χ3v) is 6.01. The second-order valence-corrected chi connectivity index (χ2v) is 8.96. The van der Waals surface area contributed by atoms with E-state index in [1.54, 1.807) is 6.07 Å². The molecule has 1 saturated heterocycles. The molecule has 0 unspecified atom stereocenters. The van der Waals surface area contributed by atoms with Crippen molar-refractivity contribution in [1.29, 1.82) is 0 Å². The highest BCUT2D eigenvalue weighted by molar-refractivity contribution is 7.22. The van der Waals surface area contributed by atoms with Gasteiger partial charge in [-0.15, -0.1) is 11.3 Å². The zero-order chi connectivity index (χ0) is 20.0. The summed E-state index contributed by atoms with van der Waals surface area (Å²) in [7, 11) is 0. The van der Waals surface area contributed by atoms with Crippen LogP contribution in [-0.4, -0.2) is 38.6 Å². The fraction of sp³-hybridized carbons (Fsp3) is 0.444. The summed E-state index contributed by atoms with van der Waals surface area (Å²) in [5.41, 5.74) is 1.01. The van der Waals surface area contributed by atoms with Gasteiger partial charge in [-0.05, 0) is 18.6 Å². The van der Waals surface area contributed by atoms with E-state index in [-0.39, 0.29) is 35.9 Å². The van der Waals surface area contributed by atoms with E-state index in [1.807, 2.05) is 24.3 Å². The van der Waals surface area contributed by atoms with Crippen molar-refractivity contribution < 1.29 is 9.59 Å². The van der Waals surface area contributed by atoms with Crippen molar-refractivity contribution in [2.24, 2.45) is 0 Å². The van der Waals surface area contributed by atoms with E-state index < -0.39 is 0 Å². The highest BCUT2D eigenvalue weighted by Crippen LogP contribution is 2.32. The van der Waals surface area contributed by atoms with Gasteiger partial charge in [-0.3, -0.25) is 18.8 Å². The first-order chi connectivity index (χ1) is 13.3. The molecule has 8 nitrogen and oxygen atoms in total. The molecule has 2 amide bonds. The molecule has 3 aromatic rings. The highest BCUT2D eigenvalue weighted by Gasteiger charge is 2.22. The van der Waals surface area contributed by atoms with Gasteiger partial charge in [-0.2, -0.15) is 5.10 Å². The number of aromatic nitrogens is 3. The van der Waals surface area contributed by atoms with Crippen molar-refractivity contribution in [1.82, 2.24) is 24.8 Å². The largest absolute Gasteiger partial charge is 0.354 e. The first-order valence-electron chi connectivity index (χ1n) is 9.11. The molecule has 1 atom stereocenters. The average molecular weight is 422 g/mol. The molecule has 0 saturated carbocycles. The van der Waals surface area contributed by atoms with Gasteiger partial charge in [0.2, 0.25) is 11.8 Å². The molecule has 3 aromatic heterocycles. The van der Waals surface area contributed by atoms with Crippen LogP contribution >= 0.6 is 22.9 Å². The van der Waals surface area contributed by atoms with Crippen molar-refractivity contribution >= 4 is 50.5 Å². The number of carbonyl (C=O) groups excluding carboxylic acids is 2. The molecular formula is C18H20ClN5O3S. The number of halogens is 1. The minimum Gasteiger partial charge on any atom is -0.354 e. The van der Waals surface area contributed by atoms with E-state index in [0.29, 0.717) is 35.1 Å². The maximum absolute atomic E-state index is 12.9. The lowest BCUT2D eigenvalue weighted by molar-refractivity contribution is -0.126. The SMILES string of the molecule is CC(C)c1nn(CC(=O)N[C@@H]2CCC(=O)NC2)c(=O)c2cc3sc(Cl)cc3n12. The minimum absolute atomic E-state index is 0.0104. The average Bonchev–Trinajstić information content (AvgIpc) is 3.15. The van der Waals surface area contributed by atoms with Gasteiger partial charge in [-0.1, -0.05) is 25.4 Å². The van der Waals surface area contributed by atoms with Gasteiger partial charge in [0.1, 0.15) is 17.9 Å². The molecule has 0 spiro atoms. The molecule has 1 aliphatic heterocycles. The van der Waals surface area contributed by atoms with Crippen molar-refractivity contribution in [2.75, 3.05) is 6.54 Å². The molecule has 0 aliphatic carbocycles. The Labute approximate surface area is 169 Å². The van der Waals surface area contributed by atoms with Crippen LogP contribution in [0.1, 0.15) is 38.4 Å². The topological polar surface area (TPSA) is 97.5 Å². The number of carbonyl (C=O) groups is 2. The monoisotopic (exact) mass is 421 g/mol. The Balaban J connectivity index is 1.67. The molecule has 10 heteroatoms. The number of nitrogens with zero attached hydrogens (tertiary/aromatic N) is 3. The van der Waals surface area contributed by atoms with Gasteiger partial charge in [0, 0.05) is 24.9 Å². The summed E-state index contributed by atoms with van der Waals surface area (Å²) in [6.45, 7) is 4.21. The molecular weight excluding hydrogens is 402 g/mol. The van der Waals surface area contributed by atoms with E-state index in [2.05, 4.69) is 15.7 Å². The quantitative estimate of drug-likeness (QED) is 0.672. The zero-order valence-electron chi connectivity index (χ0n) is 15.5. The number of hydrogen-bond donors (Lipinski definition) is 2. The van der Waals surface area contributed by atoms with Crippen LogP contribution in [0.15, 0.2) is 16.9 Å². The molecule has 28 heavy (non-hydrogen) atoms. The Morgan fingerprint density at radius 3 is 2.86 bits per heavy atom. The summed E-state index contributed by atoms with van der Waals surface area (Å²) in [5, 5.41) is 10.1. The minimum atomic E-state index is -0.323. The first kappa shape index (κ1) is 18.9. The van der Waals surface area contributed by atoms with Crippen LogP contribution in [0.4, 0.5) is 0 Å². The third kappa shape index (κ3) is 3.40. The van der Waals surface area contributed by atoms with Crippen LogP contribution in [0.2, 0.25) is 4.34 Å². The second-order valence-electron chi connectivity index (χ2n) is 7.25. The smallest absolute Gasteiger partial charge is 0.291 e. The van der Waals surface area contributed by atoms with E-state index in [0.717, 1.165) is 10.2 Å². The Bertz CT molecular complexity index is 1140. The number of piperidine rings is 1. The van der Waals surface area contributed by atoms with Gasteiger partial charge in [0.25, 0.3) is 5.56 Å². The second kappa shape index (κ2) is 7.21. The van der Waals surface area contributed by atoms with E-state index >= 15 is 0 Å². The molecule has 4 heterocycles. The van der Waals surface area contributed by atoms with Crippen molar-refractivity contribution in [3.05, 3.63) is 32.6 Å². The van der Waals surface area contributed by atoms with E-state index in [1.165, 1.54) is 16.0 Å². The first-order valence-corrected chi connectivity index (χ1v) is 10.3. The summed E-state index contributed by atoms with van der Waals surface area (Å²) >= 11 is 7.53. The summed E-state index contributed by atoms with van der Waals surface area (Å²) in [6.07, 6.45) is 0.974. The molecule has 0 aromatic carbocycles. The predicted octanol–water partition coefficient (Wildman–Crippen LogP) is 1.88. The number of thiophene rings is 1. The van der Waals surface area contributed by atoms with Gasteiger partial charge in [0.15, 0.2) is 0 Å². The zero-order valence-corrected chi connectivity index (χ0v) is 17.1. The standard InChI is InChI=1S/C18H20ClN5O3S/c1-9(2)17-22-23(8-16(26)21-10-3-4-15(25)20-7-10)18(27)12-5-13-11(24(12)17)6-14(19)28-13/h5-6,9-10H,3-4,7-8H2,1-2H3,(H,20,25)(H,21,26)/t10-/m1/s1. The van der Waals surface area contributed by atoms with Crippen LogP contribution in [0.5, 0.6) is 0 Å². The van der Waals surface area contributed by atoms with Gasteiger partial charge in [-0.25, -0.2) is 4.68 Å². The van der Waals surface area contributed by atoms with Gasteiger partial charge in [0.05, 0.1) is 14.6 Å². The number of nitrogens with one attached hydrogen (secondary N) is 2. The number of hydrogen-bond acceptors (Lipinski definition) is 5. The lowest BCUT2D eigenvalue weighted by Crippen LogP contribution is -2.49. The Morgan fingerprint density at radius 2 is 2.18 bits per heavy atom. The normalized spacial score (nSPS) is 17.4. The Hall–Kier alpha value is -2.39. The molecule has 1 fully saturated rings. The number of rotatable bonds is 4. The Morgan fingerprint density at radius 1 is 1.39 bits per heavy atom. The lowest BCUT2D eigenvalue weighted by Gasteiger charge is -2.23. The van der Waals surface area contributed by atoms with Crippen molar-refractivity contribution in [2.45, 2.75) is 45.2 Å². The van der Waals surface area contributed by atoms with Gasteiger partial charge >= 0.3 is 0 Å². The number of amides is 2. The fourth-order valence-corrected chi connectivity index (χ4v) is 4.62. The highest BCUT2D eigenvalue weighted by atomic mass is 35.5. The van der Waals surface area contributed by atoms with Crippen molar-refractivity contribution in [3.63, 3.8) is 0 Å². The maximum Gasteiger partial charge on any atom is 0.291 e. The molecule has 2 N–H and O–H groups in total. The lowest BCUT2D eigenvalue weighted by atomic mass is 10.1. The van der Waals surface area contributed by atoms with Crippen molar-refractivity contribution in [3.8, 4) is 0 Å². The molecule has 1 aliphatic rings. The maximum atomic E-state index is 12.9. The molecule has 0 bridgehead atoms. The number of fused-ring (bicyclic) bond motifs is 3. The van der Waals surface area contributed by atoms with E-state index in [4.69, 9.17) is 11.6 Å². The predicted molar refractivity (Wildman–Crippen MR) is 108 cm³/mol. The summed E-state index contributed by atoms with van der Waals surface area (Å²) in [6, 6.07) is 3.50. The summed E-state index contributed by atoms with van der Waals surface area (Å²) < 4.78 is 4.60. The van der Waals surface area contributed by atoms with Crippen LogP contribution in [0.25, 0.3) is 15.7 Å². The van der Waals surface area contributed by atoms with Gasteiger partial charge < -0.3 is 10.6 Å². The molecule has 4 rings (SSSR count). The van der Waals surface area contributed by atoms with E-state index in [9.17, 15) is 14.4 Å². The van der Waals surface area contributed by atoms with Crippen LogP contribution in [-0.2, 0) is 16.1 Å². The fourth-order valence-electron chi connectivity index (χ4n) is 3.46. The Kier molecular flexibility index (Phi) is 4.88. The molecule has 148 valence electrons. The van der Waals surface area contributed by atoms with Crippen LogP contribution in [0.3, 0.4) is 0 Å². The molecule has 0 radical (unpaired) electrons. The van der Waals surface area contributed by atoms with Crippen LogP contribution < -0.4 is 16.2 Å². The third-order valence-electron chi connectivity index (χ3n) is 4.81. The van der Waals surface area contributed by atoms with Crippen LogP contribution in [0, 0.1) is 0 Å².